The summed E-state index contributed by atoms with van der Waals surface area (Å²) in [5.41, 5.74) is 3.23. The smallest absolute Gasteiger partial charge is 0.302 e. The van der Waals surface area contributed by atoms with E-state index in [9.17, 15) is 9.59 Å². The van der Waals surface area contributed by atoms with Gasteiger partial charge in [0.1, 0.15) is 0 Å². The number of hydrazone groups is 1. The van der Waals surface area contributed by atoms with Crippen LogP contribution in [0, 0.1) is 0 Å². The second-order valence-corrected chi connectivity index (χ2v) is 9.63. The number of hydrogen-bond donors (Lipinski definition) is 1. The molecule has 2 aromatic carbocycles. The maximum atomic E-state index is 12.9. The van der Waals surface area contributed by atoms with Crippen molar-refractivity contribution in [2.24, 2.45) is 5.10 Å². The molecular weight excluding hydrogens is 470 g/mol. The lowest BCUT2D eigenvalue weighted by molar-refractivity contribution is 0.103. The number of carbonyl (C=O) groups excluding carboxylic acids is 2. The quantitative estimate of drug-likeness (QED) is 0.423. The van der Waals surface area contributed by atoms with Crippen LogP contribution in [0.15, 0.2) is 65.1 Å². The number of benzene rings is 2. The Kier molecular flexibility index (Phi) is 7.54. The van der Waals surface area contributed by atoms with E-state index >= 15 is 0 Å². The normalized spacial score (nSPS) is 15.6. The van der Waals surface area contributed by atoms with E-state index in [1.54, 1.807) is 20.3 Å². The molecule has 176 valence electrons. The molecule has 0 saturated heterocycles. The number of nitrogens with zero attached hydrogens (tertiary/aromatic N) is 2. The van der Waals surface area contributed by atoms with E-state index < -0.39 is 0 Å². The molecule has 1 unspecified atom stereocenters. The zero-order valence-electron chi connectivity index (χ0n) is 19.1. The number of rotatable bonds is 8. The van der Waals surface area contributed by atoms with E-state index in [1.165, 1.54) is 28.1 Å². The number of carbonyl (C=O) groups is 2. The minimum atomic E-state index is -0.156. The lowest BCUT2D eigenvalue weighted by atomic mass is 10.0. The van der Waals surface area contributed by atoms with Gasteiger partial charge in [-0.3, -0.25) is 9.59 Å². The lowest BCUT2D eigenvalue weighted by Gasteiger charge is -2.28. The summed E-state index contributed by atoms with van der Waals surface area (Å²) in [6.45, 7) is 2.33. The Bertz CT molecular complexity index is 1210. The molecule has 2 heterocycles. The molecule has 7 nitrogen and oxygen atoms in total. The second-order valence-electron chi connectivity index (χ2n) is 7.53. The molecule has 3 aromatic rings. The molecule has 2 amide bonds. The van der Waals surface area contributed by atoms with Crippen LogP contribution in [0.4, 0.5) is 10.5 Å². The van der Waals surface area contributed by atoms with Gasteiger partial charge >= 0.3 is 5.24 Å². The van der Waals surface area contributed by atoms with Gasteiger partial charge in [0.2, 0.25) is 0 Å². The molecule has 1 aliphatic heterocycles. The van der Waals surface area contributed by atoms with Crippen molar-refractivity contribution < 1.29 is 19.1 Å². The number of amides is 2. The predicted molar refractivity (Wildman–Crippen MR) is 137 cm³/mol. The van der Waals surface area contributed by atoms with E-state index in [4.69, 9.17) is 14.6 Å². The highest BCUT2D eigenvalue weighted by molar-refractivity contribution is 8.14. The summed E-state index contributed by atoms with van der Waals surface area (Å²) in [7, 11) is 3.19. The highest BCUT2D eigenvalue weighted by atomic mass is 32.2. The highest BCUT2D eigenvalue weighted by Crippen LogP contribution is 2.33. The molecule has 0 fully saturated rings. The first kappa shape index (κ1) is 23.8. The number of anilines is 1. The number of thioether (sulfide) groups is 1. The van der Waals surface area contributed by atoms with Crippen molar-refractivity contribution in [1.82, 2.24) is 5.01 Å². The van der Waals surface area contributed by atoms with E-state index in [1.807, 2.05) is 60.8 Å². The van der Waals surface area contributed by atoms with Crippen LogP contribution in [0.2, 0.25) is 0 Å². The summed E-state index contributed by atoms with van der Waals surface area (Å²) < 4.78 is 10.8. The van der Waals surface area contributed by atoms with E-state index in [-0.39, 0.29) is 16.4 Å². The summed E-state index contributed by atoms with van der Waals surface area (Å²) in [5.74, 6) is 1.09. The minimum absolute atomic E-state index is 0.0572. The number of hydrogen-bond acceptors (Lipinski definition) is 7. The van der Waals surface area contributed by atoms with Crippen LogP contribution in [0.1, 0.15) is 34.1 Å². The maximum Gasteiger partial charge on any atom is 0.302 e. The van der Waals surface area contributed by atoms with Crippen molar-refractivity contribution in [2.75, 3.05) is 19.5 Å². The Balaban J connectivity index is 1.58. The molecule has 0 radical (unpaired) electrons. The molecule has 1 N–H and O–H groups in total. The van der Waals surface area contributed by atoms with Gasteiger partial charge in [0, 0.05) is 11.3 Å². The van der Waals surface area contributed by atoms with Crippen molar-refractivity contribution in [3.63, 3.8) is 0 Å². The van der Waals surface area contributed by atoms with E-state index in [0.29, 0.717) is 28.6 Å². The van der Waals surface area contributed by atoms with Gasteiger partial charge in [-0.2, -0.15) is 5.10 Å². The van der Waals surface area contributed by atoms with Crippen molar-refractivity contribution in [3.8, 4) is 11.5 Å². The SMILES string of the molecule is CCC1SC(=O)N(Cc2cccc(NC(=O)c3cccs3)c2)N=C1c1ccc(OC)c(OC)c1. The summed E-state index contributed by atoms with van der Waals surface area (Å²) in [6.07, 6.45) is 0.766. The lowest BCUT2D eigenvalue weighted by Crippen LogP contribution is -2.34. The number of thiophene rings is 1. The minimum Gasteiger partial charge on any atom is -0.493 e. The zero-order valence-corrected chi connectivity index (χ0v) is 20.7. The van der Waals surface area contributed by atoms with Crippen LogP contribution in [0.3, 0.4) is 0 Å². The third kappa shape index (κ3) is 5.26. The molecular formula is C25H25N3O4S2. The van der Waals surface area contributed by atoms with Gasteiger partial charge in [0.25, 0.3) is 5.91 Å². The molecule has 1 atom stereocenters. The molecule has 0 bridgehead atoms. The summed E-state index contributed by atoms with van der Waals surface area (Å²) in [5, 5.41) is 10.8. The zero-order chi connectivity index (χ0) is 24.1. The van der Waals surface area contributed by atoms with Crippen LogP contribution in [-0.4, -0.2) is 41.3 Å². The molecule has 1 aromatic heterocycles. The van der Waals surface area contributed by atoms with Gasteiger partial charge in [0.05, 0.1) is 36.6 Å². The van der Waals surface area contributed by atoms with Gasteiger partial charge in [-0.15, -0.1) is 11.3 Å². The van der Waals surface area contributed by atoms with E-state index in [2.05, 4.69) is 5.32 Å². The first-order valence-electron chi connectivity index (χ1n) is 10.7. The number of ether oxygens (including phenoxy) is 2. The van der Waals surface area contributed by atoms with Gasteiger partial charge in [-0.05, 0) is 53.8 Å². The molecule has 1 aliphatic rings. The summed E-state index contributed by atoms with van der Waals surface area (Å²) in [4.78, 5) is 25.9. The van der Waals surface area contributed by atoms with Crippen molar-refractivity contribution in [3.05, 3.63) is 76.0 Å². The standard InChI is InChI=1S/C25H25N3O4S2/c1-4-21-23(17-10-11-19(31-2)20(14-17)32-3)27-28(25(30)34-21)15-16-7-5-8-18(13-16)26-24(29)22-9-6-12-33-22/h5-14,21H,4,15H2,1-3H3,(H,26,29). The maximum absolute atomic E-state index is 12.9. The Morgan fingerprint density at radius 1 is 1.09 bits per heavy atom. The fourth-order valence-corrected chi connectivity index (χ4v) is 5.16. The number of methoxy groups -OCH3 is 2. The van der Waals surface area contributed by atoms with Crippen LogP contribution in [-0.2, 0) is 6.54 Å². The summed E-state index contributed by atoms with van der Waals surface area (Å²) >= 11 is 2.66. The van der Waals surface area contributed by atoms with Crippen molar-refractivity contribution >= 4 is 45.6 Å². The van der Waals surface area contributed by atoms with Gasteiger partial charge < -0.3 is 14.8 Å². The van der Waals surface area contributed by atoms with Crippen LogP contribution in [0.5, 0.6) is 11.5 Å². The third-order valence-corrected chi connectivity index (χ3v) is 7.42. The van der Waals surface area contributed by atoms with Gasteiger partial charge in [-0.25, -0.2) is 5.01 Å². The Labute approximate surface area is 206 Å². The molecule has 4 rings (SSSR count). The summed E-state index contributed by atoms with van der Waals surface area (Å²) in [6, 6.07) is 16.7. The van der Waals surface area contributed by atoms with Crippen LogP contribution < -0.4 is 14.8 Å². The molecule has 9 heteroatoms. The fourth-order valence-electron chi connectivity index (χ4n) is 3.61. The average molecular weight is 496 g/mol. The Hall–Kier alpha value is -3.30. The molecule has 0 aliphatic carbocycles. The Morgan fingerprint density at radius 3 is 2.62 bits per heavy atom. The topological polar surface area (TPSA) is 80.2 Å². The second kappa shape index (κ2) is 10.8. The third-order valence-electron chi connectivity index (χ3n) is 5.30. The van der Waals surface area contributed by atoms with Crippen LogP contribution in [0.25, 0.3) is 0 Å². The first-order chi connectivity index (χ1) is 16.5. The molecule has 0 spiro atoms. The molecule has 0 saturated carbocycles. The van der Waals surface area contributed by atoms with Gasteiger partial charge in [-0.1, -0.05) is 36.9 Å². The largest absolute Gasteiger partial charge is 0.493 e. The van der Waals surface area contributed by atoms with Crippen LogP contribution >= 0.6 is 23.1 Å². The average Bonchev–Trinajstić information content (AvgIpc) is 3.40. The van der Waals surface area contributed by atoms with Gasteiger partial charge in [0.15, 0.2) is 11.5 Å². The van der Waals surface area contributed by atoms with Crippen molar-refractivity contribution in [1.29, 1.82) is 0 Å². The molecule has 34 heavy (non-hydrogen) atoms. The van der Waals surface area contributed by atoms with Crippen molar-refractivity contribution in [2.45, 2.75) is 25.1 Å². The number of nitrogens with one attached hydrogen (secondary N) is 1. The Morgan fingerprint density at radius 2 is 1.91 bits per heavy atom. The van der Waals surface area contributed by atoms with E-state index in [0.717, 1.165) is 23.3 Å². The monoisotopic (exact) mass is 495 g/mol. The fraction of sp³-hybridized carbons (Fsp3) is 0.240. The first-order valence-corrected chi connectivity index (χ1v) is 12.5. The highest BCUT2D eigenvalue weighted by Gasteiger charge is 2.30. The predicted octanol–water partition coefficient (Wildman–Crippen LogP) is 5.87.